The third-order valence-corrected chi connectivity index (χ3v) is 11.2. The van der Waals surface area contributed by atoms with Gasteiger partial charge in [-0.15, -0.1) is 0 Å². The summed E-state index contributed by atoms with van der Waals surface area (Å²) in [7, 11) is 0. The Morgan fingerprint density at radius 1 is 0.967 bits per heavy atom. The highest BCUT2D eigenvalue weighted by molar-refractivity contribution is 5.91. The second kappa shape index (κ2) is 8.40. The van der Waals surface area contributed by atoms with Gasteiger partial charge >= 0.3 is 0 Å². The van der Waals surface area contributed by atoms with Gasteiger partial charge in [0.15, 0.2) is 5.78 Å². The van der Waals surface area contributed by atoms with E-state index in [0.29, 0.717) is 16.6 Å². The summed E-state index contributed by atoms with van der Waals surface area (Å²) in [5.41, 5.74) is 2.42. The van der Waals surface area contributed by atoms with Gasteiger partial charge in [0.25, 0.3) is 0 Å². The van der Waals surface area contributed by atoms with Crippen molar-refractivity contribution in [3.8, 4) is 0 Å². The molecular weight excluding hydrogens is 364 g/mol. The highest BCUT2D eigenvalue weighted by Crippen LogP contribution is 2.67. The molecule has 3 fully saturated rings. The van der Waals surface area contributed by atoms with Crippen LogP contribution < -0.4 is 0 Å². The van der Waals surface area contributed by atoms with E-state index in [-0.39, 0.29) is 0 Å². The number of carbonyl (C=O) groups is 1. The average molecular weight is 413 g/mol. The molecule has 0 aromatic rings. The summed E-state index contributed by atoms with van der Waals surface area (Å²) >= 11 is 0. The van der Waals surface area contributed by atoms with Crippen LogP contribution in [0.1, 0.15) is 112 Å². The van der Waals surface area contributed by atoms with Crippen molar-refractivity contribution in [2.75, 3.05) is 0 Å². The van der Waals surface area contributed by atoms with Gasteiger partial charge < -0.3 is 0 Å². The Labute approximate surface area is 186 Å². The summed E-state index contributed by atoms with van der Waals surface area (Å²) in [4.78, 5) is 12.1. The van der Waals surface area contributed by atoms with Crippen LogP contribution in [0.4, 0.5) is 0 Å². The number of hydrogen-bond acceptors (Lipinski definition) is 1. The third kappa shape index (κ3) is 3.65. The second-order valence-electron chi connectivity index (χ2n) is 12.7. The van der Waals surface area contributed by atoms with Crippen LogP contribution in [-0.4, -0.2) is 5.78 Å². The number of rotatable bonds is 6. The topological polar surface area (TPSA) is 17.1 Å². The summed E-state index contributed by atoms with van der Waals surface area (Å²) in [5.74, 6) is 6.63. The van der Waals surface area contributed by atoms with E-state index in [9.17, 15) is 4.79 Å². The molecule has 0 spiro atoms. The Morgan fingerprint density at radius 3 is 2.43 bits per heavy atom. The van der Waals surface area contributed by atoms with E-state index in [0.717, 1.165) is 54.3 Å². The van der Waals surface area contributed by atoms with E-state index in [2.05, 4.69) is 47.6 Å². The molecular formula is C29H48O. The van der Waals surface area contributed by atoms with Crippen LogP contribution in [0.15, 0.2) is 11.6 Å². The first-order valence-corrected chi connectivity index (χ1v) is 13.4. The van der Waals surface area contributed by atoms with Gasteiger partial charge in [-0.3, -0.25) is 4.79 Å². The maximum absolute atomic E-state index is 12.1. The fraction of sp³-hybridized carbons (Fsp3) is 0.897. The summed E-state index contributed by atoms with van der Waals surface area (Å²) in [6.07, 6.45) is 16.5. The molecule has 0 radical (unpaired) electrons. The van der Waals surface area contributed by atoms with Crippen LogP contribution in [0.3, 0.4) is 0 Å². The molecule has 0 saturated heterocycles. The minimum Gasteiger partial charge on any atom is -0.295 e. The Kier molecular flexibility index (Phi) is 6.33. The zero-order valence-corrected chi connectivity index (χ0v) is 20.8. The van der Waals surface area contributed by atoms with Crippen LogP contribution in [0.5, 0.6) is 0 Å². The van der Waals surface area contributed by atoms with E-state index in [4.69, 9.17) is 0 Å². The lowest BCUT2D eigenvalue weighted by atomic mass is 9.46. The first kappa shape index (κ1) is 22.6. The maximum Gasteiger partial charge on any atom is 0.155 e. The standard InChI is InChI=1S/C29H48O/c1-7-21(19(2)3)9-8-20(4)25-12-13-26-24-11-10-22-18-23(30)14-16-28(22,5)27(24)15-17-29(25,26)6/h18-21,24-27H,7-17H2,1-6H3/t20-,21-,24+,25-,26?,27?,28+,29-/m1/s1. The number of fused-ring (bicyclic) bond motifs is 5. The lowest BCUT2D eigenvalue weighted by Gasteiger charge is -2.58. The SMILES string of the molecule is CC[C@H](CC[C@@H](C)[C@H]1CCC2[C@@H]3CCC4=CC(=O)CC[C@]4(C)C3CC[C@@]21C)C(C)C. The monoisotopic (exact) mass is 412 g/mol. The van der Waals surface area contributed by atoms with Gasteiger partial charge in [0, 0.05) is 6.42 Å². The summed E-state index contributed by atoms with van der Waals surface area (Å²) < 4.78 is 0. The molecule has 4 aliphatic carbocycles. The number of hydrogen-bond donors (Lipinski definition) is 0. The Balaban J connectivity index is 1.48. The predicted molar refractivity (Wildman–Crippen MR) is 127 cm³/mol. The minimum absolute atomic E-state index is 0.327. The molecule has 0 N–H and O–H groups in total. The van der Waals surface area contributed by atoms with Gasteiger partial charge in [0.05, 0.1) is 0 Å². The average Bonchev–Trinajstić information content (AvgIpc) is 3.06. The van der Waals surface area contributed by atoms with E-state index in [1.54, 1.807) is 0 Å². The number of ketones is 1. The molecule has 0 heterocycles. The van der Waals surface area contributed by atoms with Gasteiger partial charge in [0.1, 0.15) is 0 Å². The third-order valence-electron chi connectivity index (χ3n) is 11.2. The van der Waals surface area contributed by atoms with Gasteiger partial charge in [0.2, 0.25) is 0 Å². The highest BCUT2D eigenvalue weighted by atomic mass is 16.1. The van der Waals surface area contributed by atoms with E-state index in [1.807, 2.05) is 0 Å². The van der Waals surface area contributed by atoms with E-state index >= 15 is 0 Å². The molecule has 0 amide bonds. The first-order valence-electron chi connectivity index (χ1n) is 13.4. The summed E-state index contributed by atoms with van der Waals surface area (Å²) in [6.45, 7) is 15.0. The fourth-order valence-corrected chi connectivity index (χ4v) is 9.22. The van der Waals surface area contributed by atoms with Crippen LogP contribution >= 0.6 is 0 Å². The Hall–Kier alpha value is -0.590. The zero-order valence-electron chi connectivity index (χ0n) is 20.8. The molecule has 1 nitrogen and oxygen atoms in total. The molecule has 2 unspecified atom stereocenters. The molecule has 8 atom stereocenters. The quantitative estimate of drug-likeness (QED) is 0.429. The van der Waals surface area contributed by atoms with Crippen molar-refractivity contribution in [3.63, 3.8) is 0 Å². The molecule has 0 bridgehead atoms. The molecule has 30 heavy (non-hydrogen) atoms. The van der Waals surface area contributed by atoms with Crippen molar-refractivity contribution in [1.29, 1.82) is 0 Å². The smallest absolute Gasteiger partial charge is 0.155 e. The lowest BCUT2D eigenvalue weighted by molar-refractivity contribution is -0.117. The van der Waals surface area contributed by atoms with Gasteiger partial charge in [-0.2, -0.15) is 0 Å². The molecule has 170 valence electrons. The normalized spacial score (nSPS) is 42.9. The lowest BCUT2D eigenvalue weighted by Crippen LogP contribution is -2.51. The molecule has 4 aliphatic rings. The first-order chi connectivity index (χ1) is 14.2. The molecule has 3 saturated carbocycles. The maximum atomic E-state index is 12.1. The van der Waals surface area contributed by atoms with Crippen LogP contribution in [0, 0.1) is 52.3 Å². The van der Waals surface area contributed by atoms with Crippen LogP contribution in [-0.2, 0) is 4.79 Å². The Morgan fingerprint density at radius 2 is 1.73 bits per heavy atom. The van der Waals surface area contributed by atoms with Crippen LogP contribution in [0.25, 0.3) is 0 Å². The van der Waals surface area contributed by atoms with Crippen molar-refractivity contribution in [2.45, 2.75) is 112 Å². The van der Waals surface area contributed by atoms with Gasteiger partial charge in [-0.25, -0.2) is 0 Å². The second-order valence-corrected chi connectivity index (χ2v) is 12.7. The molecule has 0 aromatic carbocycles. The highest BCUT2D eigenvalue weighted by Gasteiger charge is 2.59. The van der Waals surface area contributed by atoms with E-state index < -0.39 is 0 Å². The van der Waals surface area contributed by atoms with Crippen molar-refractivity contribution in [1.82, 2.24) is 0 Å². The van der Waals surface area contributed by atoms with Crippen LogP contribution in [0.2, 0.25) is 0 Å². The zero-order chi connectivity index (χ0) is 21.7. The van der Waals surface area contributed by atoms with Crippen molar-refractivity contribution in [2.24, 2.45) is 52.3 Å². The minimum atomic E-state index is 0.327. The molecule has 0 aliphatic heterocycles. The van der Waals surface area contributed by atoms with Gasteiger partial charge in [-0.1, -0.05) is 60.0 Å². The molecule has 0 aromatic heterocycles. The van der Waals surface area contributed by atoms with E-state index in [1.165, 1.54) is 63.4 Å². The fourth-order valence-electron chi connectivity index (χ4n) is 9.22. The number of allylic oxidation sites excluding steroid dienone is 1. The Bertz CT molecular complexity index is 674. The summed E-state index contributed by atoms with van der Waals surface area (Å²) in [6, 6.07) is 0. The molecule has 4 rings (SSSR count). The van der Waals surface area contributed by atoms with Crippen molar-refractivity contribution in [3.05, 3.63) is 11.6 Å². The predicted octanol–water partition coefficient (Wildman–Crippen LogP) is 8.23. The van der Waals surface area contributed by atoms with Gasteiger partial charge in [-0.05, 0) is 110 Å². The summed E-state index contributed by atoms with van der Waals surface area (Å²) in [5, 5.41) is 0. The largest absolute Gasteiger partial charge is 0.295 e. The number of carbonyl (C=O) groups excluding carboxylic acids is 1. The van der Waals surface area contributed by atoms with Crippen molar-refractivity contribution < 1.29 is 4.79 Å². The molecule has 1 heteroatoms. The van der Waals surface area contributed by atoms with Crippen molar-refractivity contribution >= 4 is 5.78 Å².